The number of rotatable bonds is 2. The summed E-state index contributed by atoms with van der Waals surface area (Å²) in [5, 5.41) is 5.60. The predicted octanol–water partition coefficient (Wildman–Crippen LogP) is 3.05. The first-order valence-corrected chi connectivity index (χ1v) is 12.5. The Morgan fingerprint density at radius 1 is 1.09 bits per heavy atom. The molecule has 32 heavy (non-hydrogen) atoms. The van der Waals surface area contributed by atoms with Crippen LogP contribution in [0.15, 0.2) is 6.33 Å². The first kappa shape index (κ1) is 20.9. The molecule has 2 saturated carbocycles. The molecule has 2 spiro atoms. The van der Waals surface area contributed by atoms with Crippen LogP contribution in [0.1, 0.15) is 52.5 Å². The molecule has 172 valence electrons. The fourth-order valence-corrected chi connectivity index (χ4v) is 7.08. The van der Waals surface area contributed by atoms with Gasteiger partial charge >= 0.3 is 6.09 Å². The molecule has 2 saturated heterocycles. The first-order valence-electron chi connectivity index (χ1n) is 11.4. The lowest BCUT2D eigenvalue weighted by Gasteiger charge is -2.67. The number of nitrogens with two attached hydrogens (primary N) is 1. The van der Waals surface area contributed by atoms with Crippen LogP contribution in [0.3, 0.4) is 0 Å². The average molecular weight is 551 g/mol. The van der Waals surface area contributed by atoms with Crippen LogP contribution in [0.25, 0.3) is 11.0 Å². The third-order valence-corrected chi connectivity index (χ3v) is 8.55. The molecule has 6 rings (SSSR count). The van der Waals surface area contributed by atoms with Crippen LogP contribution in [0, 0.1) is 14.5 Å². The van der Waals surface area contributed by atoms with Gasteiger partial charge in [0.1, 0.15) is 21.4 Å². The Bertz CT molecular complexity index is 1080. The van der Waals surface area contributed by atoms with Crippen molar-refractivity contribution in [2.75, 3.05) is 31.9 Å². The summed E-state index contributed by atoms with van der Waals surface area (Å²) in [5.41, 5.74) is 7.26. The van der Waals surface area contributed by atoms with Gasteiger partial charge in [-0.2, -0.15) is 5.10 Å². The lowest BCUT2D eigenvalue weighted by atomic mass is 9.56. The number of aromatic nitrogens is 4. The second-order valence-corrected chi connectivity index (χ2v) is 12.6. The summed E-state index contributed by atoms with van der Waals surface area (Å²) in [5.74, 6) is 0.509. The van der Waals surface area contributed by atoms with E-state index in [0.717, 1.165) is 40.7 Å². The second kappa shape index (κ2) is 6.68. The molecule has 10 heteroatoms. The molecular weight excluding hydrogens is 521 g/mol. The first-order chi connectivity index (χ1) is 15.1. The topological polar surface area (TPSA) is 102 Å². The van der Waals surface area contributed by atoms with E-state index in [9.17, 15) is 4.79 Å². The molecule has 2 aromatic rings. The highest BCUT2D eigenvalue weighted by molar-refractivity contribution is 14.1. The Kier molecular flexibility index (Phi) is 4.36. The number of nitrogen functional groups attached to an aromatic ring is 1. The lowest BCUT2D eigenvalue weighted by molar-refractivity contribution is -0.170. The maximum atomic E-state index is 12.2. The number of ether oxygens (including phenoxy) is 1. The summed E-state index contributed by atoms with van der Waals surface area (Å²) in [6.45, 7) is 9.85. The molecule has 0 radical (unpaired) electrons. The van der Waals surface area contributed by atoms with Gasteiger partial charge < -0.3 is 15.4 Å². The van der Waals surface area contributed by atoms with Crippen molar-refractivity contribution in [2.45, 2.75) is 64.1 Å². The van der Waals surface area contributed by atoms with Crippen molar-refractivity contribution in [2.24, 2.45) is 10.8 Å². The SMILES string of the molecule is CC(C)(C)OC(=O)N1CC2(CC(N3CC4(CC(n5nc(I)c6c(N)ncnc65)C4)C3)C2)C1. The number of carbonyl (C=O) groups excluding carboxylic acids is 1. The Balaban J connectivity index is 0.991. The molecule has 2 aliphatic heterocycles. The zero-order chi connectivity index (χ0) is 22.5. The maximum absolute atomic E-state index is 12.2. The largest absolute Gasteiger partial charge is 0.444 e. The van der Waals surface area contributed by atoms with E-state index in [-0.39, 0.29) is 6.09 Å². The van der Waals surface area contributed by atoms with E-state index in [4.69, 9.17) is 15.6 Å². The zero-order valence-electron chi connectivity index (χ0n) is 18.8. The summed E-state index contributed by atoms with van der Waals surface area (Å²) in [7, 11) is 0. The minimum Gasteiger partial charge on any atom is -0.444 e. The molecule has 2 N–H and O–H groups in total. The zero-order valence-corrected chi connectivity index (χ0v) is 21.0. The number of anilines is 1. The molecule has 0 bridgehead atoms. The van der Waals surface area contributed by atoms with Crippen LogP contribution >= 0.6 is 22.6 Å². The fraction of sp³-hybridized carbons (Fsp3) is 0.727. The average Bonchev–Trinajstić information content (AvgIpc) is 2.88. The van der Waals surface area contributed by atoms with Gasteiger partial charge in [-0.25, -0.2) is 19.4 Å². The van der Waals surface area contributed by atoms with Gasteiger partial charge in [0.25, 0.3) is 0 Å². The minimum atomic E-state index is -0.422. The summed E-state index contributed by atoms with van der Waals surface area (Å²) >= 11 is 2.23. The molecule has 0 aromatic carbocycles. The van der Waals surface area contributed by atoms with Crippen molar-refractivity contribution in [1.82, 2.24) is 29.5 Å². The number of hydrogen-bond acceptors (Lipinski definition) is 7. The van der Waals surface area contributed by atoms with Gasteiger partial charge in [0.2, 0.25) is 0 Å². The van der Waals surface area contributed by atoms with E-state index in [1.165, 1.54) is 32.3 Å². The summed E-state index contributed by atoms with van der Waals surface area (Å²) < 4.78 is 8.45. The molecule has 0 unspecified atom stereocenters. The van der Waals surface area contributed by atoms with Gasteiger partial charge in [0, 0.05) is 37.6 Å². The van der Waals surface area contributed by atoms with Crippen molar-refractivity contribution in [3.63, 3.8) is 0 Å². The van der Waals surface area contributed by atoms with Crippen LogP contribution in [0.4, 0.5) is 10.6 Å². The van der Waals surface area contributed by atoms with Crippen LogP contribution in [0.5, 0.6) is 0 Å². The van der Waals surface area contributed by atoms with Crippen molar-refractivity contribution in [3.05, 3.63) is 10.0 Å². The van der Waals surface area contributed by atoms with Gasteiger partial charge in [-0.05, 0) is 74.5 Å². The quantitative estimate of drug-likeness (QED) is 0.573. The van der Waals surface area contributed by atoms with Gasteiger partial charge in [-0.1, -0.05) is 0 Å². The van der Waals surface area contributed by atoms with Gasteiger partial charge in [0.15, 0.2) is 5.65 Å². The molecule has 0 atom stereocenters. The van der Waals surface area contributed by atoms with E-state index >= 15 is 0 Å². The van der Waals surface area contributed by atoms with Crippen molar-refractivity contribution in [3.8, 4) is 0 Å². The fourth-order valence-electron chi connectivity index (χ4n) is 6.33. The van der Waals surface area contributed by atoms with E-state index in [1.807, 2.05) is 25.7 Å². The molecule has 9 nitrogen and oxygen atoms in total. The monoisotopic (exact) mass is 551 g/mol. The summed E-state index contributed by atoms with van der Waals surface area (Å²) in [6, 6.07) is 1.08. The number of carbonyl (C=O) groups is 1. The molecule has 2 aromatic heterocycles. The highest BCUT2D eigenvalue weighted by atomic mass is 127. The number of amides is 1. The lowest BCUT2D eigenvalue weighted by Crippen LogP contribution is -2.72. The molecule has 2 aliphatic carbocycles. The van der Waals surface area contributed by atoms with Crippen LogP contribution in [0.2, 0.25) is 0 Å². The van der Waals surface area contributed by atoms with Crippen LogP contribution in [-0.4, -0.2) is 73.5 Å². The highest BCUT2D eigenvalue weighted by Gasteiger charge is 2.61. The maximum Gasteiger partial charge on any atom is 0.410 e. The van der Waals surface area contributed by atoms with Crippen LogP contribution in [-0.2, 0) is 4.74 Å². The smallest absolute Gasteiger partial charge is 0.410 e. The number of likely N-dealkylation sites (tertiary alicyclic amines) is 2. The van der Waals surface area contributed by atoms with E-state index in [2.05, 4.69) is 42.1 Å². The highest BCUT2D eigenvalue weighted by Crippen LogP contribution is 2.59. The second-order valence-electron chi connectivity index (χ2n) is 11.6. The Labute approximate surface area is 201 Å². The van der Waals surface area contributed by atoms with Gasteiger partial charge in [-0.3, -0.25) is 4.90 Å². The van der Waals surface area contributed by atoms with Gasteiger partial charge in [0.05, 0.1) is 11.4 Å². The number of hydrogen-bond donors (Lipinski definition) is 1. The number of nitrogens with zero attached hydrogens (tertiary/aromatic N) is 6. The standard InChI is InChI=1S/C22H30IN7O2/c1-20(2,3)32-19(31)29-10-21(11-29)4-13(5-21)28-8-22(9-28)6-14(7-22)30-18-15(16(23)27-30)17(24)25-12-26-18/h12-14H,4-11H2,1-3H3,(H2,24,25,26). The Morgan fingerprint density at radius 3 is 2.38 bits per heavy atom. The molecule has 4 aliphatic rings. The summed E-state index contributed by atoms with van der Waals surface area (Å²) in [4.78, 5) is 25.3. The van der Waals surface area contributed by atoms with Crippen molar-refractivity contribution in [1.29, 1.82) is 0 Å². The third-order valence-electron chi connectivity index (χ3n) is 7.79. The number of fused-ring (bicyclic) bond motifs is 1. The Morgan fingerprint density at radius 2 is 1.72 bits per heavy atom. The predicted molar refractivity (Wildman–Crippen MR) is 128 cm³/mol. The number of halogens is 1. The van der Waals surface area contributed by atoms with Crippen molar-refractivity contribution >= 4 is 45.5 Å². The molecule has 1 amide bonds. The van der Waals surface area contributed by atoms with Crippen LogP contribution < -0.4 is 5.73 Å². The van der Waals surface area contributed by atoms with Gasteiger partial charge in [-0.15, -0.1) is 0 Å². The molecule has 4 fully saturated rings. The Hall–Kier alpha value is -1.69. The van der Waals surface area contributed by atoms with E-state index < -0.39 is 5.60 Å². The molecule has 4 heterocycles. The van der Waals surface area contributed by atoms with E-state index in [1.54, 1.807) is 0 Å². The molecular formula is C22H30IN7O2. The summed E-state index contributed by atoms with van der Waals surface area (Å²) in [6.07, 6.45) is 6.11. The van der Waals surface area contributed by atoms with Crippen molar-refractivity contribution < 1.29 is 9.53 Å². The van der Waals surface area contributed by atoms with E-state index in [0.29, 0.717) is 28.7 Å². The minimum absolute atomic E-state index is 0.164. The third kappa shape index (κ3) is 3.19. The normalized spacial score (nSPS) is 24.8.